The Bertz CT molecular complexity index is 216. The molecule has 0 nitrogen and oxygen atoms in total. The fourth-order valence-corrected chi connectivity index (χ4v) is 3.47. The Balaban J connectivity index is 4.47. The maximum Gasteiger partial charge on any atom is 0.391 e. The van der Waals surface area contributed by atoms with Crippen LogP contribution >= 0.6 is 11.1 Å². The van der Waals surface area contributed by atoms with Gasteiger partial charge in [0.15, 0.2) is 7.38 Å². The van der Waals surface area contributed by atoms with Gasteiger partial charge in [0.25, 0.3) is 0 Å². The van der Waals surface area contributed by atoms with Crippen molar-refractivity contribution >= 4 is 18.5 Å². The highest BCUT2D eigenvalue weighted by atomic mass is 35.6. The molecule has 0 saturated carbocycles. The lowest BCUT2D eigenvalue weighted by molar-refractivity contribution is -0.184. The molecule has 16 heavy (non-hydrogen) atoms. The molecule has 0 heterocycles. The number of rotatable bonds is 4. The molecule has 8 heteroatoms. The summed E-state index contributed by atoms with van der Waals surface area (Å²) in [6.07, 6.45) is -11.5. The van der Waals surface area contributed by atoms with Gasteiger partial charge in [0.05, 0.1) is 5.92 Å². The van der Waals surface area contributed by atoms with Gasteiger partial charge < -0.3 is 0 Å². The second-order valence-corrected chi connectivity index (χ2v) is 11.2. The third-order valence-corrected chi connectivity index (χ3v) is 3.90. The van der Waals surface area contributed by atoms with E-state index in [2.05, 4.69) is 0 Å². The summed E-state index contributed by atoms with van der Waals surface area (Å²) in [7, 11) is -2.54. The van der Waals surface area contributed by atoms with Crippen LogP contribution < -0.4 is 0 Å². The second-order valence-electron chi connectivity index (χ2n) is 4.32. The van der Waals surface area contributed by atoms with Gasteiger partial charge in [-0.3, -0.25) is 0 Å². The zero-order valence-electron chi connectivity index (χ0n) is 8.84. The third kappa shape index (κ3) is 8.26. The molecular formula is C8H13ClF6Si. The first kappa shape index (κ1) is 16.1. The summed E-state index contributed by atoms with van der Waals surface area (Å²) in [4.78, 5) is 0. The molecule has 0 aliphatic heterocycles. The van der Waals surface area contributed by atoms with E-state index in [1.807, 2.05) is 0 Å². The van der Waals surface area contributed by atoms with E-state index in [4.69, 9.17) is 11.1 Å². The van der Waals surface area contributed by atoms with Crippen molar-refractivity contribution in [2.75, 3.05) is 0 Å². The van der Waals surface area contributed by atoms with E-state index >= 15 is 0 Å². The molecule has 0 aromatic rings. The van der Waals surface area contributed by atoms with Crippen LogP contribution in [-0.2, 0) is 0 Å². The Hall–Kier alpha value is 0.0869. The molecule has 98 valence electrons. The van der Waals surface area contributed by atoms with Crippen molar-refractivity contribution in [1.82, 2.24) is 0 Å². The average Bonchev–Trinajstić information content (AvgIpc) is 1.91. The number of hydrogen-bond donors (Lipinski definition) is 0. The van der Waals surface area contributed by atoms with Crippen LogP contribution in [0.25, 0.3) is 0 Å². The second kappa shape index (κ2) is 5.16. The molecule has 1 atom stereocenters. The molecule has 0 aromatic heterocycles. The predicted molar refractivity (Wildman–Crippen MR) is 53.0 cm³/mol. The minimum absolute atomic E-state index is 0.381. The quantitative estimate of drug-likeness (QED) is 0.390. The molecule has 0 aromatic carbocycles. The van der Waals surface area contributed by atoms with Gasteiger partial charge in [-0.25, -0.2) is 0 Å². The van der Waals surface area contributed by atoms with E-state index in [0.29, 0.717) is 0 Å². The molecule has 0 spiro atoms. The molecule has 1 unspecified atom stereocenters. The molecule has 0 aliphatic rings. The van der Waals surface area contributed by atoms with Crippen molar-refractivity contribution < 1.29 is 26.3 Å². The summed E-state index contributed by atoms with van der Waals surface area (Å²) in [5.74, 6) is -1.95. The first-order valence-corrected chi connectivity index (χ1v) is 8.85. The van der Waals surface area contributed by atoms with Gasteiger partial charge in [0, 0.05) is 6.42 Å². The summed E-state index contributed by atoms with van der Waals surface area (Å²) in [5, 5.41) is 0. The minimum atomic E-state index is -4.61. The van der Waals surface area contributed by atoms with Gasteiger partial charge in [-0.15, -0.1) is 0 Å². The highest BCUT2D eigenvalue weighted by Crippen LogP contribution is 2.39. The molecule has 0 amide bonds. The first-order chi connectivity index (χ1) is 6.81. The standard InChI is InChI=1S/C8H13ClF6Si/c1-16(2,9)5-6(8(13,14)15)3-4-7(10,11)12/h6H,3-5H2,1-2H3. The smallest absolute Gasteiger partial charge is 0.171 e. The Kier molecular flexibility index (Phi) is 5.19. The van der Waals surface area contributed by atoms with Crippen molar-refractivity contribution in [2.45, 2.75) is 44.3 Å². The van der Waals surface area contributed by atoms with Gasteiger partial charge >= 0.3 is 12.4 Å². The fraction of sp³-hybridized carbons (Fsp3) is 1.00. The van der Waals surface area contributed by atoms with E-state index in [9.17, 15) is 26.3 Å². The molecule has 0 N–H and O–H groups in total. The SMILES string of the molecule is C[Si](C)(Cl)CC(CCC(F)(F)F)C(F)(F)F. The predicted octanol–water partition coefficient (Wildman–Crippen LogP) is 4.95. The molecule has 0 radical (unpaired) electrons. The first-order valence-electron chi connectivity index (χ1n) is 4.64. The zero-order chi connectivity index (χ0) is 13.2. The average molecular weight is 287 g/mol. The maximum absolute atomic E-state index is 12.4. The Morgan fingerprint density at radius 3 is 1.75 bits per heavy atom. The van der Waals surface area contributed by atoms with Crippen LogP contribution in [0, 0.1) is 5.92 Å². The van der Waals surface area contributed by atoms with Crippen molar-refractivity contribution in [3.05, 3.63) is 0 Å². The zero-order valence-corrected chi connectivity index (χ0v) is 10.6. The van der Waals surface area contributed by atoms with E-state index in [-0.39, 0.29) is 6.04 Å². The molecule has 0 rings (SSSR count). The Morgan fingerprint density at radius 1 is 1.06 bits per heavy atom. The van der Waals surface area contributed by atoms with Gasteiger partial charge in [-0.2, -0.15) is 37.4 Å². The summed E-state index contributed by atoms with van der Waals surface area (Å²) >= 11 is 5.74. The highest BCUT2D eigenvalue weighted by molar-refractivity contribution is 7.19. The topological polar surface area (TPSA) is 0 Å². The molecule has 0 saturated heterocycles. The molecule has 0 bridgehead atoms. The van der Waals surface area contributed by atoms with Gasteiger partial charge in [0.2, 0.25) is 0 Å². The highest BCUT2D eigenvalue weighted by Gasteiger charge is 2.44. The lowest BCUT2D eigenvalue weighted by Gasteiger charge is -2.25. The third-order valence-electron chi connectivity index (χ3n) is 1.97. The van der Waals surface area contributed by atoms with Gasteiger partial charge in [0.1, 0.15) is 0 Å². The Morgan fingerprint density at radius 2 is 1.50 bits per heavy atom. The number of hydrogen-bond acceptors (Lipinski definition) is 0. The van der Waals surface area contributed by atoms with Crippen molar-refractivity contribution in [1.29, 1.82) is 0 Å². The van der Waals surface area contributed by atoms with Crippen LogP contribution in [0.1, 0.15) is 12.8 Å². The Labute approximate surface area is 95.7 Å². The van der Waals surface area contributed by atoms with Crippen LogP contribution in [0.3, 0.4) is 0 Å². The van der Waals surface area contributed by atoms with Crippen molar-refractivity contribution in [3.8, 4) is 0 Å². The molecule has 0 aliphatic carbocycles. The van der Waals surface area contributed by atoms with Crippen LogP contribution in [0.15, 0.2) is 0 Å². The lowest BCUT2D eigenvalue weighted by atomic mass is 10.1. The number of alkyl halides is 6. The largest absolute Gasteiger partial charge is 0.391 e. The molecular weight excluding hydrogens is 274 g/mol. The lowest BCUT2D eigenvalue weighted by Crippen LogP contribution is -2.31. The van der Waals surface area contributed by atoms with Gasteiger partial charge in [-0.05, 0) is 12.5 Å². The van der Waals surface area contributed by atoms with Crippen molar-refractivity contribution in [2.24, 2.45) is 5.92 Å². The normalized spacial score (nSPS) is 16.3. The van der Waals surface area contributed by atoms with E-state index in [1.54, 1.807) is 0 Å². The monoisotopic (exact) mass is 286 g/mol. The summed E-state index contributed by atoms with van der Waals surface area (Å²) in [6.45, 7) is 2.97. The van der Waals surface area contributed by atoms with Gasteiger partial charge in [-0.1, -0.05) is 13.1 Å². The minimum Gasteiger partial charge on any atom is -0.171 e. The number of halogens is 7. The van der Waals surface area contributed by atoms with Crippen LogP contribution in [0.2, 0.25) is 19.1 Å². The summed E-state index contributed by atoms with van der Waals surface area (Å²) in [5.41, 5.74) is 0. The van der Waals surface area contributed by atoms with E-state index < -0.39 is 38.5 Å². The summed E-state index contributed by atoms with van der Waals surface area (Å²) < 4.78 is 72.8. The van der Waals surface area contributed by atoms with Crippen LogP contribution in [0.4, 0.5) is 26.3 Å². The fourth-order valence-electron chi connectivity index (χ4n) is 1.31. The molecule has 0 fully saturated rings. The van der Waals surface area contributed by atoms with E-state index in [1.165, 1.54) is 13.1 Å². The van der Waals surface area contributed by atoms with Crippen molar-refractivity contribution in [3.63, 3.8) is 0 Å². The summed E-state index contributed by atoms with van der Waals surface area (Å²) in [6, 6.07) is -0.381. The van der Waals surface area contributed by atoms with E-state index in [0.717, 1.165) is 0 Å². The maximum atomic E-state index is 12.4. The van der Waals surface area contributed by atoms with Crippen LogP contribution in [-0.4, -0.2) is 19.7 Å². The van der Waals surface area contributed by atoms with Crippen LogP contribution in [0.5, 0.6) is 0 Å².